The molecule has 0 unspecified atom stereocenters. The van der Waals surface area contributed by atoms with Crippen molar-refractivity contribution in [1.82, 2.24) is 5.32 Å². The van der Waals surface area contributed by atoms with Crippen LogP contribution in [0.2, 0.25) is 0 Å². The van der Waals surface area contributed by atoms with E-state index < -0.39 is 21.9 Å². The number of ether oxygens (including phenoxy) is 1. The number of anilines is 2. The van der Waals surface area contributed by atoms with Crippen LogP contribution in [0.25, 0.3) is 0 Å². The van der Waals surface area contributed by atoms with Crippen molar-refractivity contribution < 1.29 is 22.7 Å². The highest BCUT2D eigenvalue weighted by molar-refractivity contribution is 7.92. The highest BCUT2D eigenvalue weighted by atomic mass is 32.2. The second-order valence-electron chi connectivity index (χ2n) is 8.82. The number of benzene rings is 3. The summed E-state index contributed by atoms with van der Waals surface area (Å²) in [5, 5.41) is 5.37. The third-order valence-corrected chi connectivity index (χ3v) is 7.02. The largest absolute Gasteiger partial charge is 0.466 e. The van der Waals surface area contributed by atoms with Gasteiger partial charge in [-0.15, -0.1) is 0 Å². The summed E-state index contributed by atoms with van der Waals surface area (Å²) >= 11 is 5.15. The molecule has 0 atom stereocenters. The van der Waals surface area contributed by atoms with Gasteiger partial charge >= 0.3 is 5.97 Å². The zero-order valence-corrected chi connectivity index (χ0v) is 23.0. The highest BCUT2D eigenvalue weighted by Gasteiger charge is 2.15. The van der Waals surface area contributed by atoms with Gasteiger partial charge in [-0.1, -0.05) is 36.4 Å². The molecule has 0 radical (unpaired) electrons. The number of carbonyl (C=O) groups is 2. The lowest BCUT2D eigenvalue weighted by molar-refractivity contribution is -0.145. The summed E-state index contributed by atoms with van der Waals surface area (Å²) in [5.41, 5.74) is 4.07. The second kappa shape index (κ2) is 13.7. The maximum absolute atomic E-state index is 12.7. The van der Waals surface area contributed by atoms with Crippen molar-refractivity contribution in [2.24, 2.45) is 0 Å². The van der Waals surface area contributed by atoms with Crippen LogP contribution in [0.3, 0.4) is 0 Å². The zero-order chi connectivity index (χ0) is 27.5. The molecule has 3 rings (SSSR count). The first-order valence-electron chi connectivity index (χ1n) is 12.1. The molecule has 0 aliphatic rings. The van der Waals surface area contributed by atoms with Crippen molar-refractivity contribution in [2.45, 2.75) is 44.4 Å². The van der Waals surface area contributed by atoms with Crippen molar-refractivity contribution in [1.29, 1.82) is 0 Å². The van der Waals surface area contributed by atoms with Gasteiger partial charge in [-0.05, 0) is 92.0 Å². The quantitative estimate of drug-likeness (QED) is 0.176. The first-order chi connectivity index (χ1) is 18.1. The Balaban J connectivity index is 1.39. The van der Waals surface area contributed by atoms with Crippen molar-refractivity contribution in [3.05, 3.63) is 89.5 Å². The summed E-state index contributed by atoms with van der Waals surface area (Å²) in [6.07, 6.45) is 1.39. The van der Waals surface area contributed by atoms with Gasteiger partial charge in [-0.3, -0.25) is 14.3 Å². The van der Waals surface area contributed by atoms with Gasteiger partial charge < -0.3 is 15.4 Å². The van der Waals surface area contributed by atoms with Crippen molar-refractivity contribution >= 4 is 50.6 Å². The first kappa shape index (κ1) is 28.8. The minimum atomic E-state index is -3.77. The Morgan fingerprint density at radius 1 is 0.868 bits per heavy atom. The highest BCUT2D eigenvalue weighted by Crippen LogP contribution is 2.20. The minimum absolute atomic E-state index is 0.0372. The molecule has 3 N–H and O–H groups in total. The summed E-state index contributed by atoms with van der Waals surface area (Å²) < 4.78 is 33.2. The van der Waals surface area contributed by atoms with E-state index in [1.807, 2.05) is 50.2 Å². The van der Waals surface area contributed by atoms with Gasteiger partial charge in [0, 0.05) is 17.8 Å². The molecule has 0 saturated heterocycles. The fraction of sp³-hybridized carbons (Fsp3) is 0.250. The van der Waals surface area contributed by atoms with Crippen LogP contribution >= 0.6 is 12.2 Å². The lowest BCUT2D eigenvalue weighted by atomic mass is 10.1. The lowest BCUT2D eigenvalue weighted by Crippen LogP contribution is -2.34. The smallest absolute Gasteiger partial charge is 0.306 e. The molecule has 38 heavy (non-hydrogen) atoms. The van der Waals surface area contributed by atoms with E-state index in [0.29, 0.717) is 24.4 Å². The number of amides is 1. The molecule has 3 aromatic carbocycles. The maximum Gasteiger partial charge on any atom is 0.306 e. The number of esters is 1. The summed E-state index contributed by atoms with van der Waals surface area (Å²) in [5.74, 6) is -0.876. The zero-order valence-electron chi connectivity index (χ0n) is 21.3. The van der Waals surface area contributed by atoms with Crippen molar-refractivity contribution in [2.75, 3.05) is 16.6 Å². The predicted octanol–water partition coefficient (Wildman–Crippen LogP) is 4.87. The van der Waals surface area contributed by atoms with Crippen molar-refractivity contribution in [3.63, 3.8) is 0 Å². The van der Waals surface area contributed by atoms with E-state index in [1.165, 1.54) is 17.7 Å². The molecule has 3 aromatic rings. The second-order valence-corrected chi connectivity index (χ2v) is 10.9. The van der Waals surface area contributed by atoms with Crippen LogP contribution in [0.4, 0.5) is 11.4 Å². The van der Waals surface area contributed by atoms with E-state index in [4.69, 9.17) is 17.0 Å². The molecule has 0 spiro atoms. The van der Waals surface area contributed by atoms with Crippen LogP contribution in [-0.4, -0.2) is 32.0 Å². The van der Waals surface area contributed by atoms with Crippen LogP contribution in [0.5, 0.6) is 0 Å². The third kappa shape index (κ3) is 9.60. The molecule has 10 heteroatoms. The summed E-state index contributed by atoms with van der Waals surface area (Å²) in [6, 6.07) is 21.3. The Labute approximate surface area is 228 Å². The average molecular weight is 554 g/mol. The molecule has 8 nitrogen and oxygen atoms in total. The van der Waals surface area contributed by atoms with Crippen LogP contribution in [0.15, 0.2) is 77.7 Å². The first-order valence-corrected chi connectivity index (χ1v) is 14.0. The fourth-order valence-corrected chi connectivity index (χ4v) is 4.98. The number of rotatable bonds is 11. The van der Waals surface area contributed by atoms with Gasteiger partial charge in [-0.25, -0.2) is 8.42 Å². The van der Waals surface area contributed by atoms with Gasteiger partial charge in [0.15, 0.2) is 5.11 Å². The molecule has 0 bridgehead atoms. The van der Waals surface area contributed by atoms with Crippen LogP contribution in [0, 0.1) is 13.8 Å². The monoisotopic (exact) mass is 553 g/mol. The Bertz CT molecular complexity index is 1360. The summed E-state index contributed by atoms with van der Waals surface area (Å²) in [4.78, 5) is 24.1. The van der Waals surface area contributed by atoms with E-state index in [-0.39, 0.29) is 22.8 Å². The van der Waals surface area contributed by atoms with Gasteiger partial charge in [0.05, 0.1) is 17.9 Å². The lowest BCUT2D eigenvalue weighted by Gasteiger charge is -2.12. The molecule has 0 aromatic heterocycles. The van der Waals surface area contributed by atoms with E-state index in [2.05, 4.69) is 15.4 Å². The Kier molecular flexibility index (Phi) is 10.4. The molecule has 0 aliphatic carbocycles. The number of aryl methyl sites for hydroxylation is 3. The number of carbonyl (C=O) groups excluding carboxylic acids is 2. The summed E-state index contributed by atoms with van der Waals surface area (Å²) in [6.45, 7) is 4.08. The third-order valence-electron chi connectivity index (χ3n) is 5.42. The molecule has 0 heterocycles. The number of hydrogen-bond acceptors (Lipinski definition) is 6. The number of hydrogen-bond donors (Lipinski definition) is 3. The van der Waals surface area contributed by atoms with Crippen molar-refractivity contribution in [3.8, 4) is 0 Å². The standard InChI is InChI=1S/C28H31N3O5S2/c1-20-17-21(2)19-24(18-20)31-38(34,35)25-12-10-23(11-13-25)29-28(37)30-26(32)14-15-27(33)36-16-6-9-22-7-4-3-5-8-22/h3-5,7-8,10-13,17-19,31H,6,9,14-16H2,1-2H3,(H2,29,30,32,37). The van der Waals surface area contributed by atoms with Gasteiger partial charge in [0.25, 0.3) is 10.0 Å². The van der Waals surface area contributed by atoms with E-state index in [9.17, 15) is 18.0 Å². The van der Waals surface area contributed by atoms with E-state index >= 15 is 0 Å². The van der Waals surface area contributed by atoms with Crippen LogP contribution in [0.1, 0.15) is 36.0 Å². The molecule has 0 aliphatic heterocycles. The maximum atomic E-state index is 12.7. The van der Waals surface area contributed by atoms with Gasteiger partial charge in [0.2, 0.25) is 5.91 Å². The Morgan fingerprint density at radius 2 is 1.53 bits per heavy atom. The topological polar surface area (TPSA) is 114 Å². The molecule has 0 fully saturated rings. The minimum Gasteiger partial charge on any atom is -0.466 e. The molecular formula is C28H31N3O5S2. The van der Waals surface area contributed by atoms with Gasteiger partial charge in [-0.2, -0.15) is 0 Å². The van der Waals surface area contributed by atoms with Gasteiger partial charge in [0.1, 0.15) is 0 Å². The molecule has 1 amide bonds. The molecule has 200 valence electrons. The SMILES string of the molecule is Cc1cc(C)cc(NS(=O)(=O)c2ccc(NC(=S)NC(=O)CCC(=O)OCCCc3ccccc3)cc2)c1. The number of nitrogens with one attached hydrogen (secondary N) is 3. The van der Waals surface area contributed by atoms with Crippen LogP contribution in [-0.2, 0) is 30.8 Å². The predicted molar refractivity (Wildman–Crippen MR) is 152 cm³/mol. The Morgan fingerprint density at radius 3 is 2.18 bits per heavy atom. The van der Waals surface area contributed by atoms with E-state index in [0.717, 1.165) is 17.5 Å². The number of thiocarbonyl (C=S) groups is 1. The normalized spacial score (nSPS) is 10.9. The number of sulfonamides is 1. The Hall–Kier alpha value is -3.76. The van der Waals surface area contributed by atoms with E-state index in [1.54, 1.807) is 24.3 Å². The summed E-state index contributed by atoms with van der Waals surface area (Å²) in [7, 11) is -3.77. The average Bonchev–Trinajstić information content (AvgIpc) is 2.85. The molecule has 0 saturated carbocycles. The van der Waals surface area contributed by atoms with Crippen LogP contribution < -0.4 is 15.4 Å². The fourth-order valence-electron chi connectivity index (χ4n) is 3.71. The molecular weight excluding hydrogens is 522 g/mol.